The zero-order valence-corrected chi connectivity index (χ0v) is 35.5. The van der Waals surface area contributed by atoms with Crippen LogP contribution in [0.25, 0.3) is 0 Å². The summed E-state index contributed by atoms with van der Waals surface area (Å²) in [7, 11) is -2.97. The molecule has 0 saturated heterocycles. The van der Waals surface area contributed by atoms with Crippen molar-refractivity contribution in [2.45, 2.75) is 92.9 Å². The minimum Gasteiger partial charge on any atom is -0.412 e. The van der Waals surface area contributed by atoms with Crippen molar-refractivity contribution in [1.29, 1.82) is 0 Å². The molecular formula is C40H70O3P2Yb2-2. The molecule has 0 aliphatic rings. The number of unbranched alkanes of at least 4 members (excludes halogenated alkanes) is 3. The number of hydrogen-bond acceptors (Lipinski definition) is 2. The predicted molar refractivity (Wildman–Crippen MR) is 210 cm³/mol. The van der Waals surface area contributed by atoms with Crippen LogP contribution in [0, 0.1) is 93.8 Å². The van der Waals surface area contributed by atoms with Gasteiger partial charge in [0.15, 0.2) is 0 Å². The Kier molecular flexibility index (Phi) is 55.3. The first-order valence-electron chi connectivity index (χ1n) is 17.2. The van der Waals surface area contributed by atoms with Gasteiger partial charge in [-0.05, 0) is 39.0 Å². The Morgan fingerprint density at radius 2 is 0.617 bits per heavy atom. The van der Waals surface area contributed by atoms with Crippen LogP contribution in [-0.2, 0) is 0 Å². The van der Waals surface area contributed by atoms with Gasteiger partial charge in [0.1, 0.15) is 15.0 Å². The Labute approximate surface area is 370 Å². The second kappa shape index (κ2) is 45.2. The molecule has 0 heterocycles. The third kappa shape index (κ3) is 43.3. The van der Waals surface area contributed by atoms with E-state index in [1.54, 1.807) is 0 Å². The van der Waals surface area contributed by atoms with Crippen LogP contribution in [-0.4, -0.2) is 52.2 Å². The molecule has 0 fully saturated rings. The second-order valence-electron chi connectivity index (χ2n) is 11.0. The van der Waals surface area contributed by atoms with Gasteiger partial charge >= 0.3 is 0 Å². The maximum absolute atomic E-state index is 10.4. The third-order valence-electron chi connectivity index (χ3n) is 6.87. The molecule has 1 unspecified atom stereocenters. The molecule has 3 nitrogen and oxygen atoms in total. The molecule has 0 spiro atoms. The zero-order valence-electron chi connectivity index (χ0n) is 30.3. The standard InChI is InChI=1S/C11H26OP.C9H22OP.4C5H5.H2O.2Yb/c1-4-7-10-13(12,9-6-3)11-8-5-2;1-4-7-9-11(10,6-3)8-5-2;4*1-2-4-5-3-1;;;/h12H,4-11H2,1-3H3;10H,4-9H2,1-3H3;4*1-5H;1H2;;/q2*+1;4*-1;;;. The molecule has 0 aromatic heterocycles. The van der Waals surface area contributed by atoms with Gasteiger partial charge in [0, 0.05) is 93.8 Å². The average molecular weight is 1010 g/mol. The summed E-state index contributed by atoms with van der Waals surface area (Å²) in [5.74, 6) is 0. The smallest absolute Gasteiger partial charge is 0.142 e. The molecule has 0 radical (unpaired) electrons. The summed E-state index contributed by atoms with van der Waals surface area (Å²) in [5, 5.41) is 0. The molecule has 288 valence electrons. The first-order valence-corrected chi connectivity index (χ1v) is 21.8. The van der Waals surface area contributed by atoms with Crippen molar-refractivity contribution in [2.75, 3.05) is 37.0 Å². The largest absolute Gasteiger partial charge is 0.412 e. The molecule has 0 amide bonds. The zero-order chi connectivity index (χ0) is 33.0. The topological polar surface area (TPSA) is 72.0 Å². The summed E-state index contributed by atoms with van der Waals surface area (Å²) in [6.45, 7) is 13.1. The molecule has 0 aliphatic heterocycles. The van der Waals surface area contributed by atoms with Crippen LogP contribution in [0.1, 0.15) is 92.9 Å². The molecule has 47 heavy (non-hydrogen) atoms. The van der Waals surface area contributed by atoms with Crippen LogP contribution in [0.15, 0.2) is 121 Å². The van der Waals surface area contributed by atoms with Gasteiger partial charge in [-0.1, -0.05) is 53.9 Å². The summed E-state index contributed by atoms with van der Waals surface area (Å²) in [6.07, 6.45) is 16.1. The molecule has 4 rings (SSSR count). The summed E-state index contributed by atoms with van der Waals surface area (Å²) >= 11 is 0. The number of rotatable bonds is 14. The van der Waals surface area contributed by atoms with E-state index in [1.807, 2.05) is 121 Å². The van der Waals surface area contributed by atoms with E-state index in [0.29, 0.717) is 0 Å². The summed E-state index contributed by atoms with van der Waals surface area (Å²) in [4.78, 5) is 20.4. The molecule has 4 N–H and O–H groups in total. The van der Waals surface area contributed by atoms with E-state index < -0.39 is 15.0 Å². The van der Waals surface area contributed by atoms with Crippen molar-refractivity contribution in [3.05, 3.63) is 121 Å². The van der Waals surface area contributed by atoms with Crippen molar-refractivity contribution in [2.24, 2.45) is 0 Å². The Morgan fingerprint density at radius 3 is 0.787 bits per heavy atom. The van der Waals surface area contributed by atoms with Gasteiger partial charge in [-0.3, -0.25) is 9.79 Å². The van der Waals surface area contributed by atoms with Gasteiger partial charge in [0.2, 0.25) is 0 Å². The van der Waals surface area contributed by atoms with Crippen LogP contribution in [0.2, 0.25) is 0 Å². The quantitative estimate of drug-likeness (QED) is 0.0976. The van der Waals surface area contributed by atoms with Crippen molar-refractivity contribution in [1.82, 2.24) is 0 Å². The van der Waals surface area contributed by atoms with Gasteiger partial charge in [0.05, 0.1) is 37.0 Å². The van der Waals surface area contributed by atoms with Gasteiger partial charge in [-0.15, -0.1) is 0 Å². The fraction of sp³-hybridized carbons (Fsp3) is 0.500. The van der Waals surface area contributed by atoms with Gasteiger partial charge in [-0.2, -0.15) is 72.8 Å². The Balaban J connectivity index is -0.000000155. The van der Waals surface area contributed by atoms with E-state index in [4.69, 9.17) is 0 Å². The van der Waals surface area contributed by atoms with Crippen LogP contribution in [0.3, 0.4) is 0 Å². The van der Waals surface area contributed by atoms with Crippen LogP contribution in [0.5, 0.6) is 0 Å². The fourth-order valence-electron chi connectivity index (χ4n) is 4.24. The van der Waals surface area contributed by atoms with Crippen LogP contribution in [0.4, 0.5) is 0 Å². The van der Waals surface area contributed by atoms with Crippen LogP contribution >= 0.6 is 15.0 Å². The predicted octanol–water partition coefficient (Wildman–Crippen LogP) is 11.9. The molecule has 0 bridgehead atoms. The summed E-state index contributed by atoms with van der Waals surface area (Å²) < 4.78 is 0. The summed E-state index contributed by atoms with van der Waals surface area (Å²) in [5.41, 5.74) is 0. The Morgan fingerprint density at radius 1 is 0.383 bits per heavy atom. The third-order valence-corrected chi connectivity index (χ3v) is 14.1. The Hall–Kier alpha value is 1.18. The van der Waals surface area contributed by atoms with Crippen molar-refractivity contribution >= 4 is 15.0 Å². The molecule has 0 saturated carbocycles. The molecule has 7 heteroatoms. The van der Waals surface area contributed by atoms with Crippen molar-refractivity contribution < 1.29 is 109 Å². The average Bonchev–Trinajstić information content (AvgIpc) is 3.88. The first kappa shape index (κ1) is 57.5. The van der Waals surface area contributed by atoms with E-state index >= 15 is 0 Å². The van der Waals surface area contributed by atoms with Gasteiger partial charge in [0.25, 0.3) is 0 Å². The maximum atomic E-state index is 10.4. The van der Waals surface area contributed by atoms with E-state index in [2.05, 4.69) is 41.5 Å². The minimum atomic E-state index is -1.50. The Bertz CT molecular complexity index is 749. The van der Waals surface area contributed by atoms with Crippen LogP contribution < -0.4 is 0 Å². The number of hydrogen-bond donors (Lipinski definition) is 2. The SMILES string of the molecule is CCCC[P+](O)(CC)CCC.CCCC[P+](O)(CCC)CCCC.O.[Yb].[Yb].c1cc[cH-]c1.c1cc[cH-]c1.c1cc[cH-]c1.c1cc[cH-]c1. The molecule has 0 aliphatic carbocycles. The van der Waals surface area contributed by atoms with E-state index in [0.717, 1.165) is 49.8 Å². The van der Waals surface area contributed by atoms with E-state index in [1.165, 1.54) is 38.5 Å². The first-order chi connectivity index (χ1) is 21.4. The van der Waals surface area contributed by atoms with Gasteiger partial charge < -0.3 is 5.48 Å². The van der Waals surface area contributed by atoms with E-state index in [-0.39, 0.29) is 99.3 Å². The summed E-state index contributed by atoms with van der Waals surface area (Å²) in [6, 6.07) is 40.0. The molecule has 4 aromatic rings. The molecule has 4 aromatic carbocycles. The van der Waals surface area contributed by atoms with Gasteiger partial charge in [-0.25, -0.2) is 48.5 Å². The van der Waals surface area contributed by atoms with Crippen molar-refractivity contribution in [3.8, 4) is 0 Å². The maximum Gasteiger partial charge on any atom is 0.142 e. The normalized spacial score (nSPS) is 10.6. The van der Waals surface area contributed by atoms with E-state index in [9.17, 15) is 9.79 Å². The van der Waals surface area contributed by atoms with Crippen molar-refractivity contribution in [3.63, 3.8) is 0 Å². The minimum absolute atomic E-state index is 0. The second-order valence-corrected chi connectivity index (χ2v) is 18.3. The fourth-order valence-corrected chi connectivity index (χ4v) is 10.1. The molecule has 1 atom stereocenters. The molecular weight excluding hydrogens is 936 g/mol. The monoisotopic (exact) mass is 1010 g/mol.